The first-order valence-electron chi connectivity index (χ1n) is 7.75. The molecule has 0 amide bonds. The van der Waals surface area contributed by atoms with E-state index in [1.165, 1.54) is 6.92 Å². The lowest BCUT2D eigenvalue weighted by Gasteiger charge is -2.06. The first-order valence-corrected chi connectivity index (χ1v) is 7.75. The predicted molar refractivity (Wildman–Crippen MR) is 87.7 cm³/mol. The second-order valence-corrected chi connectivity index (χ2v) is 5.43. The van der Waals surface area contributed by atoms with Gasteiger partial charge in [0, 0.05) is 17.6 Å². The molecule has 0 fully saturated rings. The molecule has 7 nitrogen and oxygen atoms in total. The number of carbonyl (C=O) groups excluding carboxylic acids is 2. The van der Waals surface area contributed by atoms with E-state index in [4.69, 9.17) is 14.9 Å². The Morgan fingerprint density at radius 1 is 0.880 bits per heavy atom. The molecule has 0 saturated carbocycles. The van der Waals surface area contributed by atoms with Gasteiger partial charge in [-0.1, -0.05) is 30.3 Å². The van der Waals surface area contributed by atoms with Crippen LogP contribution in [0.15, 0.2) is 41.5 Å². The zero-order chi connectivity index (χ0) is 18.8. The third-order valence-electron chi connectivity index (χ3n) is 3.51. The molecule has 2 N–H and O–H groups in total. The number of unbranched alkanes of at least 4 members (excludes halogenated alkanes) is 1. The summed E-state index contributed by atoms with van der Waals surface area (Å²) < 4.78 is 4.69. The molecule has 1 aromatic carbocycles. The van der Waals surface area contributed by atoms with Gasteiger partial charge in [-0.05, 0) is 31.7 Å². The minimum absolute atomic E-state index is 0.00368. The standard InChI is InChI=1S/C18H20O7/c1-12(17(21)22)14(18(23)24)9-5-6-10-15(19)25-16(20)11-13-7-3-2-4-8-13/h2-4,7-8H,5-6,9-11H2,1H3,(H,21,22)(H,23,24)/b14-12+. The lowest BCUT2D eigenvalue weighted by Crippen LogP contribution is -2.14. The molecular formula is C18H20O7. The molecule has 0 aliphatic carbocycles. The molecule has 1 rings (SSSR count). The lowest BCUT2D eigenvalue weighted by molar-refractivity contribution is -0.159. The van der Waals surface area contributed by atoms with Crippen LogP contribution in [0.2, 0.25) is 0 Å². The summed E-state index contributed by atoms with van der Waals surface area (Å²) in [6.45, 7) is 1.22. The van der Waals surface area contributed by atoms with Crippen LogP contribution in [-0.2, 0) is 30.3 Å². The van der Waals surface area contributed by atoms with Crippen molar-refractivity contribution in [1.82, 2.24) is 0 Å². The molecule has 0 spiro atoms. The Kier molecular flexibility index (Phi) is 8.05. The normalized spacial score (nSPS) is 11.4. The van der Waals surface area contributed by atoms with Crippen LogP contribution in [0.1, 0.15) is 38.2 Å². The molecule has 134 valence electrons. The number of carboxylic acid groups (broad SMARTS) is 2. The monoisotopic (exact) mass is 348 g/mol. The summed E-state index contributed by atoms with van der Waals surface area (Å²) in [5.41, 5.74) is 0.315. The predicted octanol–water partition coefficient (Wildman–Crippen LogP) is 2.34. The highest BCUT2D eigenvalue weighted by atomic mass is 16.6. The van der Waals surface area contributed by atoms with E-state index in [1.807, 2.05) is 6.07 Å². The van der Waals surface area contributed by atoms with Crippen LogP contribution in [0.3, 0.4) is 0 Å². The van der Waals surface area contributed by atoms with Crippen molar-refractivity contribution in [2.24, 2.45) is 0 Å². The molecule has 0 aliphatic rings. The quantitative estimate of drug-likeness (QED) is 0.304. The van der Waals surface area contributed by atoms with Crippen molar-refractivity contribution in [3.05, 3.63) is 47.0 Å². The number of benzene rings is 1. The number of esters is 2. The van der Waals surface area contributed by atoms with Crippen LogP contribution < -0.4 is 0 Å². The van der Waals surface area contributed by atoms with Crippen molar-refractivity contribution in [3.8, 4) is 0 Å². The average molecular weight is 348 g/mol. The van der Waals surface area contributed by atoms with Crippen LogP contribution in [0.4, 0.5) is 0 Å². The van der Waals surface area contributed by atoms with Gasteiger partial charge in [-0.3, -0.25) is 9.59 Å². The molecule has 0 heterocycles. The molecule has 0 bridgehead atoms. The molecule has 25 heavy (non-hydrogen) atoms. The number of carboxylic acids is 2. The highest BCUT2D eigenvalue weighted by Gasteiger charge is 2.16. The molecule has 0 atom stereocenters. The van der Waals surface area contributed by atoms with Gasteiger partial charge in [-0.15, -0.1) is 0 Å². The fourth-order valence-corrected chi connectivity index (χ4v) is 2.13. The Hall–Kier alpha value is -2.96. The van der Waals surface area contributed by atoms with E-state index in [0.717, 1.165) is 5.56 Å². The SMILES string of the molecule is C/C(C(=O)O)=C(/CCCCC(=O)OC(=O)Cc1ccccc1)C(=O)O. The van der Waals surface area contributed by atoms with Gasteiger partial charge in [-0.2, -0.15) is 0 Å². The largest absolute Gasteiger partial charge is 0.478 e. The van der Waals surface area contributed by atoms with E-state index in [9.17, 15) is 19.2 Å². The van der Waals surface area contributed by atoms with Crippen molar-refractivity contribution in [1.29, 1.82) is 0 Å². The summed E-state index contributed by atoms with van der Waals surface area (Å²) in [6.07, 6.45) is 0.573. The number of hydrogen-bond donors (Lipinski definition) is 2. The van der Waals surface area contributed by atoms with Gasteiger partial charge in [0.1, 0.15) is 0 Å². The van der Waals surface area contributed by atoms with E-state index >= 15 is 0 Å². The van der Waals surface area contributed by atoms with Crippen molar-refractivity contribution in [2.75, 3.05) is 0 Å². The second kappa shape index (κ2) is 10.0. The minimum atomic E-state index is -1.29. The van der Waals surface area contributed by atoms with Crippen LogP contribution in [0.5, 0.6) is 0 Å². The zero-order valence-electron chi connectivity index (χ0n) is 13.9. The molecule has 0 unspecified atom stereocenters. The summed E-state index contributed by atoms with van der Waals surface area (Å²) in [7, 11) is 0. The van der Waals surface area contributed by atoms with Crippen molar-refractivity contribution >= 4 is 23.9 Å². The zero-order valence-corrected chi connectivity index (χ0v) is 13.9. The van der Waals surface area contributed by atoms with Gasteiger partial charge < -0.3 is 14.9 Å². The highest BCUT2D eigenvalue weighted by Crippen LogP contribution is 2.15. The van der Waals surface area contributed by atoms with Crippen LogP contribution in [-0.4, -0.2) is 34.1 Å². The van der Waals surface area contributed by atoms with Crippen LogP contribution in [0, 0.1) is 0 Å². The number of aliphatic carboxylic acids is 2. The maximum Gasteiger partial charge on any atom is 0.332 e. The van der Waals surface area contributed by atoms with Gasteiger partial charge >= 0.3 is 23.9 Å². The van der Waals surface area contributed by atoms with Gasteiger partial charge in [0.05, 0.1) is 6.42 Å². The molecule has 1 aromatic rings. The van der Waals surface area contributed by atoms with E-state index in [2.05, 4.69) is 0 Å². The topological polar surface area (TPSA) is 118 Å². The molecule has 7 heteroatoms. The van der Waals surface area contributed by atoms with Crippen LogP contribution >= 0.6 is 0 Å². The second-order valence-electron chi connectivity index (χ2n) is 5.43. The number of carbonyl (C=O) groups is 4. The van der Waals surface area contributed by atoms with Crippen molar-refractivity contribution < 1.29 is 34.1 Å². The van der Waals surface area contributed by atoms with Crippen LogP contribution in [0.25, 0.3) is 0 Å². The Morgan fingerprint density at radius 2 is 1.48 bits per heavy atom. The molecule has 0 aliphatic heterocycles. The van der Waals surface area contributed by atoms with Gasteiger partial charge in [0.2, 0.25) is 0 Å². The van der Waals surface area contributed by atoms with Gasteiger partial charge in [-0.25, -0.2) is 9.59 Å². The smallest absolute Gasteiger partial charge is 0.332 e. The summed E-state index contributed by atoms with van der Waals surface area (Å²) in [4.78, 5) is 45.1. The number of hydrogen-bond acceptors (Lipinski definition) is 5. The van der Waals surface area contributed by atoms with E-state index in [-0.39, 0.29) is 30.4 Å². The Morgan fingerprint density at radius 3 is 2.04 bits per heavy atom. The van der Waals surface area contributed by atoms with E-state index in [0.29, 0.717) is 12.8 Å². The van der Waals surface area contributed by atoms with Crippen molar-refractivity contribution in [2.45, 2.75) is 39.0 Å². The van der Waals surface area contributed by atoms with E-state index in [1.54, 1.807) is 24.3 Å². The number of ether oxygens (including phenoxy) is 1. The summed E-state index contributed by atoms with van der Waals surface area (Å²) in [5.74, 6) is -3.91. The fourth-order valence-electron chi connectivity index (χ4n) is 2.13. The maximum atomic E-state index is 11.6. The summed E-state index contributed by atoms with van der Waals surface area (Å²) in [6, 6.07) is 8.85. The molecular weight excluding hydrogens is 328 g/mol. The lowest BCUT2D eigenvalue weighted by atomic mass is 10.0. The third-order valence-corrected chi connectivity index (χ3v) is 3.51. The first-order chi connectivity index (χ1) is 11.8. The summed E-state index contributed by atoms with van der Waals surface area (Å²) >= 11 is 0. The first kappa shape index (κ1) is 20.1. The maximum absolute atomic E-state index is 11.6. The molecule has 0 aromatic heterocycles. The Balaban J connectivity index is 2.37. The summed E-state index contributed by atoms with van der Waals surface area (Å²) in [5, 5.41) is 17.8. The van der Waals surface area contributed by atoms with Crippen molar-refractivity contribution in [3.63, 3.8) is 0 Å². The molecule has 0 saturated heterocycles. The van der Waals surface area contributed by atoms with Gasteiger partial charge in [0.15, 0.2) is 0 Å². The Bertz CT molecular complexity index is 674. The number of rotatable bonds is 9. The van der Waals surface area contributed by atoms with E-state index < -0.39 is 23.9 Å². The van der Waals surface area contributed by atoms with Gasteiger partial charge in [0.25, 0.3) is 0 Å². The molecule has 0 radical (unpaired) electrons. The third kappa shape index (κ3) is 7.43. The average Bonchev–Trinajstić information content (AvgIpc) is 2.54. The highest BCUT2D eigenvalue weighted by molar-refractivity contribution is 5.98. The Labute approximate surface area is 144 Å². The fraction of sp³-hybridized carbons (Fsp3) is 0.333. The minimum Gasteiger partial charge on any atom is -0.478 e.